The van der Waals surface area contributed by atoms with E-state index in [1.807, 2.05) is 60.7 Å². The molecule has 10 atom stereocenters. The predicted molar refractivity (Wildman–Crippen MR) is 174 cm³/mol. The second-order valence-electron chi connectivity index (χ2n) is 15.3. The molecule has 12 heteroatoms. The van der Waals surface area contributed by atoms with Crippen LogP contribution in [-0.2, 0) is 37.1 Å². The molecule has 3 N–H and O–H groups in total. The maximum atomic E-state index is 14.0. The summed E-state index contributed by atoms with van der Waals surface area (Å²) in [6, 6.07) is 18.2. The summed E-state index contributed by atoms with van der Waals surface area (Å²) in [6.45, 7) is 2.95. The van der Waals surface area contributed by atoms with Crippen molar-refractivity contribution in [1.82, 2.24) is 25.3 Å². The molecule has 7 aliphatic rings. The zero-order chi connectivity index (χ0) is 34.4. The predicted octanol–water partition coefficient (Wildman–Crippen LogP) is 1.58. The van der Waals surface area contributed by atoms with E-state index < -0.39 is 29.2 Å². The van der Waals surface area contributed by atoms with Crippen LogP contribution >= 0.6 is 0 Å². The van der Waals surface area contributed by atoms with E-state index in [9.17, 15) is 29.1 Å². The van der Waals surface area contributed by atoms with Crippen molar-refractivity contribution < 1.29 is 33.8 Å². The quantitative estimate of drug-likeness (QED) is 0.311. The van der Waals surface area contributed by atoms with Crippen molar-refractivity contribution in [3.63, 3.8) is 0 Å². The first-order valence-electron chi connectivity index (χ1n) is 17.3. The number of ether oxygens (including phenoxy) is 1. The van der Waals surface area contributed by atoms with Crippen LogP contribution in [-0.4, -0.2) is 93.5 Å². The van der Waals surface area contributed by atoms with Gasteiger partial charge in [0.15, 0.2) is 0 Å². The van der Waals surface area contributed by atoms with Crippen molar-refractivity contribution >= 4 is 29.7 Å². The number of likely N-dealkylation sites (N-methyl/N-ethyl adjacent to an activating group) is 1. The van der Waals surface area contributed by atoms with Gasteiger partial charge in [0.1, 0.15) is 31.0 Å². The van der Waals surface area contributed by atoms with Crippen LogP contribution in [0.5, 0.6) is 0 Å². The summed E-state index contributed by atoms with van der Waals surface area (Å²) in [7, 11) is 1.47. The molecule has 4 bridgehead atoms. The van der Waals surface area contributed by atoms with E-state index in [1.54, 1.807) is 13.8 Å². The van der Waals surface area contributed by atoms with Gasteiger partial charge in [-0.15, -0.1) is 0 Å². The van der Waals surface area contributed by atoms with Crippen molar-refractivity contribution in [3.05, 3.63) is 71.8 Å². The standard InChI is InChI=1S/C37H43N5O7/c1-20(2)42(27(45)17-40(3)35(47)49-19-22-12-8-5-9-13-22)18-26(44)41(15-21-10-6-4-7-11-21)16-25(43)38-37-31-24-14-23-28-29(24)33(37)32(28)36(48,30(23)31)34(46)39-37/h4-13,20,23-24,28-33,48H,14-19H2,1-3H3,(H,38,43)(H,39,46). The van der Waals surface area contributed by atoms with Gasteiger partial charge in [0, 0.05) is 43.3 Å². The van der Waals surface area contributed by atoms with E-state index >= 15 is 0 Å². The number of hydrogen-bond acceptors (Lipinski definition) is 7. The number of carbonyl (C=O) groups excluding carboxylic acids is 5. The molecule has 5 amide bonds. The molecule has 5 saturated carbocycles. The van der Waals surface area contributed by atoms with Crippen molar-refractivity contribution in [2.45, 2.75) is 50.7 Å². The number of nitrogens with one attached hydrogen (secondary N) is 2. The minimum absolute atomic E-state index is 0.00199. The molecular weight excluding hydrogens is 626 g/mol. The van der Waals surface area contributed by atoms with Gasteiger partial charge in [0.25, 0.3) is 5.91 Å². The molecule has 2 aromatic carbocycles. The Morgan fingerprint density at radius 2 is 1.51 bits per heavy atom. The number of hydrogen-bond donors (Lipinski definition) is 3. The molecule has 2 heterocycles. The van der Waals surface area contributed by atoms with Gasteiger partial charge in [-0.2, -0.15) is 0 Å². The van der Waals surface area contributed by atoms with Crippen molar-refractivity contribution in [2.24, 2.45) is 47.3 Å². The van der Waals surface area contributed by atoms with Crippen LogP contribution in [0.15, 0.2) is 60.7 Å². The summed E-state index contributed by atoms with van der Waals surface area (Å²) in [5.41, 5.74) is -0.581. The van der Waals surface area contributed by atoms with Crippen molar-refractivity contribution in [1.29, 1.82) is 0 Å². The van der Waals surface area contributed by atoms with E-state index in [-0.39, 0.29) is 74.3 Å². The molecule has 0 aromatic heterocycles. The lowest BCUT2D eigenvalue weighted by Crippen LogP contribution is -2.84. The van der Waals surface area contributed by atoms with Gasteiger partial charge in [0.05, 0.1) is 6.54 Å². The second-order valence-corrected chi connectivity index (χ2v) is 15.3. The van der Waals surface area contributed by atoms with Gasteiger partial charge in [-0.05, 0) is 55.1 Å². The maximum absolute atomic E-state index is 14.0. The van der Waals surface area contributed by atoms with E-state index in [2.05, 4.69) is 10.6 Å². The molecule has 7 fully saturated rings. The Labute approximate surface area is 285 Å². The molecule has 2 aromatic rings. The highest BCUT2D eigenvalue weighted by atomic mass is 16.6. The van der Waals surface area contributed by atoms with Gasteiger partial charge in [-0.3, -0.25) is 19.2 Å². The smallest absolute Gasteiger partial charge is 0.410 e. The molecule has 5 aliphatic carbocycles. The molecule has 2 saturated heterocycles. The fraction of sp³-hybridized carbons (Fsp3) is 0.541. The molecule has 9 rings (SSSR count). The highest BCUT2D eigenvalue weighted by Crippen LogP contribution is 2.88. The third-order valence-corrected chi connectivity index (χ3v) is 12.6. The van der Waals surface area contributed by atoms with Gasteiger partial charge in [-0.1, -0.05) is 60.7 Å². The summed E-state index contributed by atoms with van der Waals surface area (Å²) in [5.74, 6) is -0.345. The zero-order valence-corrected chi connectivity index (χ0v) is 28.0. The first kappa shape index (κ1) is 31.8. The van der Waals surface area contributed by atoms with Crippen LogP contribution in [0.1, 0.15) is 31.4 Å². The number of amides is 5. The van der Waals surface area contributed by atoms with Crippen LogP contribution in [0.25, 0.3) is 0 Å². The number of aliphatic hydroxyl groups is 1. The Morgan fingerprint density at radius 3 is 2.18 bits per heavy atom. The minimum atomic E-state index is -1.33. The molecule has 12 nitrogen and oxygen atoms in total. The Balaban J connectivity index is 0.950. The fourth-order valence-electron chi connectivity index (χ4n) is 11.1. The minimum Gasteiger partial charge on any atom is -0.445 e. The monoisotopic (exact) mass is 669 g/mol. The lowest BCUT2D eigenvalue weighted by atomic mass is 9.50. The lowest BCUT2D eigenvalue weighted by Gasteiger charge is -2.63. The highest BCUT2D eigenvalue weighted by molar-refractivity contribution is 5.94. The van der Waals surface area contributed by atoms with E-state index in [1.165, 1.54) is 21.7 Å². The Morgan fingerprint density at radius 1 is 0.878 bits per heavy atom. The zero-order valence-electron chi connectivity index (χ0n) is 28.0. The Bertz CT molecular complexity index is 1700. The molecular formula is C37H43N5O7. The number of piperidine rings is 2. The van der Waals surface area contributed by atoms with E-state index in [4.69, 9.17) is 4.74 Å². The summed E-state index contributed by atoms with van der Waals surface area (Å²) in [4.78, 5) is 71.4. The summed E-state index contributed by atoms with van der Waals surface area (Å²) >= 11 is 0. The van der Waals surface area contributed by atoms with Gasteiger partial charge in [-0.25, -0.2) is 4.79 Å². The maximum Gasteiger partial charge on any atom is 0.410 e. The van der Waals surface area contributed by atoms with Gasteiger partial charge < -0.3 is 35.2 Å². The van der Waals surface area contributed by atoms with Crippen LogP contribution < -0.4 is 10.6 Å². The summed E-state index contributed by atoms with van der Waals surface area (Å²) < 4.78 is 5.36. The lowest BCUT2D eigenvalue weighted by molar-refractivity contribution is -0.213. The molecule has 0 spiro atoms. The largest absolute Gasteiger partial charge is 0.445 e. The van der Waals surface area contributed by atoms with Crippen LogP contribution in [0.3, 0.4) is 0 Å². The molecule has 10 unspecified atom stereocenters. The molecule has 49 heavy (non-hydrogen) atoms. The topological polar surface area (TPSA) is 149 Å². The first-order valence-corrected chi connectivity index (χ1v) is 17.3. The van der Waals surface area contributed by atoms with Gasteiger partial charge in [0.2, 0.25) is 17.7 Å². The fourth-order valence-corrected chi connectivity index (χ4v) is 11.1. The third-order valence-electron chi connectivity index (χ3n) is 12.6. The average Bonchev–Trinajstić information content (AvgIpc) is 3.63. The van der Waals surface area contributed by atoms with Crippen molar-refractivity contribution in [3.8, 4) is 0 Å². The van der Waals surface area contributed by atoms with E-state index in [0.29, 0.717) is 23.7 Å². The molecule has 2 aliphatic heterocycles. The number of carbonyl (C=O) groups is 5. The number of rotatable bonds is 12. The van der Waals surface area contributed by atoms with Crippen molar-refractivity contribution in [2.75, 3.05) is 26.7 Å². The van der Waals surface area contributed by atoms with E-state index in [0.717, 1.165) is 17.5 Å². The SMILES string of the molecule is CC(C)N(CC(=O)N(CC(=O)NC12NC(=O)C3(O)C4C5CC(C6C5C3C61)C42)Cc1ccccc1)C(=O)CN(C)C(=O)OCc1ccccc1. The highest BCUT2D eigenvalue weighted by Gasteiger charge is 2.95. The second kappa shape index (κ2) is 11.3. The van der Waals surface area contributed by atoms with Gasteiger partial charge >= 0.3 is 6.09 Å². The number of nitrogens with zero attached hydrogens (tertiary/aromatic N) is 3. The molecule has 0 radical (unpaired) electrons. The Hall–Kier alpha value is -4.45. The summed E-state index contributed by atoms with van der Waals surface area (Å²) in [6.07, 6.45) is 0.344. The first-order chi connectivity index (χ1) is 23.5. The van der Waals surface area contributed by atoms with Crippen LogP contribution in [0, 0.1) is 47.3 Å². The van der Waals surface area contributed by atoms with Crippen LogP contribution in [0.4, 0.5) is 4.79 Å². The van der Waals surface area contributed by atoms with Crippen LogP contribution in [0.2, 0.25) is 0 Å². The Kier molecular flexibility index (Phi) is 7.33. The number of fused-ring (bicyclic) bond motifs is 1. The molecule has 258 valence electrons. The third kappa shape index (κ3) is 4.55. The summed E-state index contributed by atoms with van der Waals surface area (Å²) in [5, 5.41) is 17.9. The number of benzene rings is 2. The normalized spacial score (nSPS) is 34.5. The average molecular weight is 670 g/mol.